The lowest BCUT2D eigenvalue weighted by Gasteiger charge is -2.37. The van der Waals surface area contributed by atoms with Crippen molar-refractivity contribution in [3.63, 3.8) is 0 Å². The quantitative estimate of drug-likeness (QED) is 0.769. The van der Waals surface area contributed by atoms with Crippen molar-refractivity contribution in [3.8, 4) is 0 Å². The third kappa shape index (κ3) is 2.06. The number of hydrogen-bond donors (Lipinski definition) is 0. The summed E-state index contributed by atoms with van der Waals surface area (Å²) >= 11 is 5.02. The number of amides is 1. The number of carbonyl (C=O) groups is 1. The maximum atomic E-state index is 12.5. The van der Waals surface area contributed by atoms with Gasteiger partial charge in [0.05, 0.1) is 0 Å². The molecule has 1 aromatic heterocycles. The first-order valence-corrected chi connectivity index (χ1v) is 7.98. The van der Waals surface area contributed by atoms with Crippen molar-refractivity contribution in [2.45, 2.75) is 38.1 Å². The predicted octanol–water partition coefficient (Wildman–Crippen LogP) is 3.92. The molecular weight excluding hydrogens is 298 g/mol. The van der Waals surface area contributed by atoms with Gasteiger partial charge in [0.1, 0.15) is 4.88 Å². The molecule has 2 aliphatic rings. The number of nitrogens with zero attached hydrogens (tertiary/aromatic N) is 1. The fourth-order valence-corrected chi connectivity index (χ4v) is 4.78. The molecule has 3 rings (SSSR count). The molecule has 1 amide bonds. The molecule has 0 spiro atoms. The summed E-state index contributed by atoms with van der Waals surface area (Å²) in [6.07, 6.45) is 6.32. The van der Waals surface area contributed by atoms with Crippen LogP contribution < -0.4 is 0 Å². The van der Waals surface area contributed by atoms with E-state index in [1.54, 1.807) is 11.3 Å². The third-order valence-corrected chi connectivity index (χ3v) is 5.89. The largest absolute Gasteiger partial charge is 0.335 e. The minimum Gasteiger partial charge on any atom is -0.335 e. The third-order valence-electron chi connectivity index (χ3n) is 4.07. The van der Waals surface area contributed by atoms with Gasteiger partial charge in [-0.1, -0.05) is 6.42 Å². The predicted molar refractivity (Wildman–Crippen MR) is 73.4 cm³/mol. The molecule has 17 heavy (non-hydrogen) atoms. The van der Waals surface area contributed by atoms with E-state index in [1.165, 1.54) is 32.1 Å². The van der Waals surface area contributed by atoms with Gasteiger partial charge in [0.15, 0.2) is 0 Å². The molecule has 92 valence electrons. The Kier molecular flexibility index (Phi) is 3.26. The fourth-order valence-electron chi connectivity index (χ4n) is 3.28. The number of halogens is 1. The van der Waals surface area contributed by atoms with Crippen LogP contribution >= 0.6 is 27.3 Å². The molecule has 2 atom stereocenters. The summed E-state index contributed by atoms with van der Waals surface area (Å²) in [5.74, 6) is 1.01. The highest BCUT2D eigenvalue weighted by Crippen LogP contribution is 2.38. The average Bonchev–Trinajstić information content (AvgIpc) is 2.95. The summed E-state index contributed by atoms with van der Waals surface area (Å²) < 4.78 is 0.952. The molecule has 0 radical (unpaired) electrons. The Morgan fingerprint density at radius 2 is 2.18 bits per heavy atom. The first-order chi connectivity index (χ1) is 8.27. The van der Waals surface area contributed by atoms with E-state index in [-0.39, 0.29) is 5.91 Å². The van der Waals surface area contributed by atoms with Gasteiger partial charge in [-0.2, -0.15) is 0 Å². The summed E-state index contributed by atoms with van der Waals surface area (Å²) in [5.41, 5.74) is 0. The topological polar surface area (TPSA) is 20.3 Å². The highest BCUT2D eigenvalue weighted by Gasteiger charge is 2.38. The molecule has 2 heterocycles. The van der Waals surface area contributed by atoms with Crippen LogP contribution in [0, 0.1) is 5.92 Å². The molecule has 0 N–H and O–H groups in total. The van der Waals surface area contributed by atoms with E-state index in [4.69, 9.17) is 0 Å². The molecule has 4 heteroatoms. The molecule has 2 unspecified atom stereocenters. The minimum absolute atomic E-state index is 0.239. The van der Waals surface area contributed by atoms with E-state index < -0.39 is 0 Å². The van der Waals surface area contributed by atoms with Gasteiger partial charge in [-0.05, 0) is 59.0 Å². The Morgan fingerprint density at radius 3 is 2.94 bits per heavy atom. The molecule has 1 aromatic rings. The molecular formula is C13H16BrNOS. The number of likely N-dealkylation sites (tertiary alicyclic amines) is 1. The number of rotatable bonds is 1. The van der Waals surface area contributed by atoms with E-state index in [2.05, 4.69) is 20.8 Å². The summed E-state index contributed by atoms with van der Waals surface area (Å²) in [4.78, 5) is 15.5. The monoisotopic (exact) mass is 313 g/mol. The molecule has 1 aliphatic heterocycles. The van der Waals surface area contributed by atoms with Crippen molar-refractivity contribution in [1.29, 1.82) is 0 Å². The molecule has 1 aliphatic carbocycles. The lowest BCUT2D eigenvalue weighted by Crippen LogP contribution is -2.46. The molecule has 0 bridgehead atoms. The Morgan fingerprint density at radius 1 is 1.35 bits per heavy atom. The normalized spacial score (nSPS) is 28.2. The summed E-state index contributed by atoms with van der Waals surface area (Å²) in [6, 6.07) is 2.48. The smallest absolute Gasteiger partial charge is 0.265 e. The van der Waals surface area contributed by atoms with Crippen LogP contribution in [0.15, 0.2) is 15.9 Å². The van der Waals surface area contributed by atoms with Crippen LogP contribution in [-0.4, -0.2) is 23.4 Å². The van der Waals surface area contributed by atoms with Crippen LogP contribution in [0.25, 0.3) is 0 Å². The zero-order valence-electron chi connectivity index (χ0n) is 9.69. The lowest BCUT2D eigenvalue weighted by atomic mass is 9.92. The van der Waals surface area contributed by atoms with E-state index in [0.717, 1.165) is 21.8 Å². The van der Waals surface area contributed by atoms with Crippen molar-refractivity contribution in [3.05, 3.63) is 20.8 Å². The Labute approximate surface area is 114 Å². The van der Waals surface area contributed by atoms with Gasteiger partial charge in [0.25, 0.3) is 5.91 Å². The van der Waals surface area contributed by atoms with Crippen LogP contribution in [0.4, 0.5) is 0 Å². The minimum atomic E-state index is 0.239. The van der Waals surface area contributed by atoms with E-state index >= 15 is 0 Å². The van der Waals surface area contributed by atoms with Crippen LogP contribution in [0.3, 0.4) is 0 Å². The van der Waals surface area contributed by atoms with E-state index in [0.29, 0.717) is 6.04 Å². The highest BCUT2D eigenvalue weighted by molar-refractivity contribution is 9.10. The molecule has 1 saturated heterocycles. The molecule has 2 fully saturated rings. The van der Waals surface area contributed by atoms with Gasteiger partial charge < -0.3 is 4.90 Å². The van der Waals surface area contributed by atoms with Gasteiger partial charge in [0.2, 0.25) is 0 Å². The molecule has 2 nitrogen and oxygen atoms in total. The van der Waals surface area contributed by atoms with E-state index in [1.807, 2.05) is 11.4 Å². The van der Waals surface area contributed by atoms with Gasteiger partial charge in [-0.3, -0.25) is 4.79 Å². The van der Waals surface area contributed by atoms with Crippen molar-refractivity contribution in [1.82, 2.24) is 4.90 Å². The second-order valence-corrected chi connectivity index (χ2v) is 6.77. The number of piperidine rings is 1. The second-order valence-electron chi connectivity index (χ2n) is 5.00. The average molecular weight is 314 g/mol. The first kappa shape index (κ1) is 11.7. The van der Waals surface area contributed by atoms with Gasteiger partial charge in [0, 0.05) is 17.1 Å². The van der Waals surface area contributed by atoms with Gasteiger partial charge in [-0.15, -0.1) is 11.3 Å². The first-order valence-electron chi connectivity index (χ1n) is 6.31. The number of hydrogen-bond acceptors (Lipinski definition) is 2. The lowest BCUT2D eigenvalue weighted by molar-refractivity contribution is 0.0552. The number of fused-ring (bicyclic) bond motifs is 1. The van der Waals surface area contributed by atoms with Gasteiger partial charge >= 0.3 is 0 Å². The van der Waals surface area contributed by atoms with Crippen LogP contribution in [0.1, 0.15) is 41.8 Å². The number of carbonyl (C=O) groups excluding carboxylic acids is 1. The standard InChI is InChI=1S/C13H16BrNOS/c14-10-6-8-17-12(10)13(16)15-7-2-4-9-3-1-5-11(9)15/h6,8-9,11H,1-5,7H2. The maximum Gasteiger partial charge on any atom is 0.265 e. The summed E-state index contributed by atoms with van der Waals surface area (Å²) in [6.45, 7) is 0.949. The van der Waals surface area contributed by atoms with E-state index in [9.17, 15) is 4.79 Å². The Hall–Kier alpha value is -0.350. The van der Waals surface area contributed by atoms with Crippen LogP contribution in [0.5, 0.6) is 0 Å². The van der Waals surface area contributed by atoms with Crippen molar-refractivity contribution in [2.75, 3.05) is 6.54 Å². The van der Waals surface area contributed by atoms with Crippen LogP contribution in [-0.2, 0) is 0 Å². The second kappa shape index (κ2) is 4.73. The Balaban J connectivity index is 1.83. The SMILES string of the molecule is O=C(c1sccc1Br)N1CCCC2CCCC21. The van der Waals surface area contributed by atoms with Crippen molar-refractivity contribution in [2.24, 2.45) is 5.92 Å². The van der Waals surface area contributed by atoms with Crippen molar-refractivity contribution >= 4 is 33.2 Å². The molecule has 0 aromatic carbocycles. The van der Waals surface area contributed by atoms with Crippen molar-refractivity contribution < 1.29 is 4.79 Å². The maximum absolute atomic E-state index is 12.5. The Bertz CT molecular complexity index is 431. The number of thiophene rings is 1. The summed E-state index contributed by atoms with van der Waals surface area (Å²) in [7, 11) is 0. The molecule has 1 saturated carbocycles. The van der Waals surface area contributed by atoms with Crippen LogP contribution in [0.2, 0.25) is 0 Å². The highest BCUT2D eigenvalue weighted by atomic mass is 79.9. The zero-order valence-corrected chi connectivity index (χ0v) is 12.1. The fraction of sp³-hybridized carbons (Fsp3) is 0.615. The summed E-state index contributed by atoms with van der Waals surface area (Å²) in [5, 5.41) is 1.98. The van der Waals surface area contributed by atoms with Gasteiger partial charge in [-0.25, -0.2) is 0 Å². The zero-order chi connectivity index (χ0) is 11.8.